The Kier molecular flexibility index (Phi) is 4.78. The number of halogens is 2. The van der Waals surface area contributed by atoms with Crippen molar-refractivity contribution in [2.24, 2.45) is 0 Å². The highest BCUT2D eigenvalue weighted by Gasteiger charge is 2.05. The van der Waals surface area contributed by atoms with Crippen LogP contribution >= 0.6 is 23.4 Å². The van der Waals surface area contributed by atoms with Gasteiger partial charge in [0.25, 0.3) is 0 Å². The SMILES string of the molecule is N#CCCSCc1c(F)cccc1Cl. The number of nitriles is 1. The van der Waals surface area contributed by atoms with E-state index in [1.54, 1.807) is 12.1 Å². The molecule has 14 heavy (non-hydrogen) atoms. The lowest BCUT2D eigenvalue weighted by molar-refractivity contribution is 0.617. The molecular formula is C10H9ClFNS. The average molecular weight is 230 g/mol. The maximum absolute atomic E-state index is 13.2. The molecular weight excluding hydrogens is 221 g/mol. The van der Waals surface area contributed by atoms with Crippen LogP contribution in [-0.2, 0) is 5.75 Å². The van der Waals surface area contributed by atoms with E-state index in [2.05, 4.69) is 0 Å². The first kappa shape index (κ1) is 11.4. The Labute approximate surface area is 91.9 Å². The van der Waals surface area contributed by atoms with Gasteiger partial charge in [-0.15, -0.1) is 0 Å². The third kappa shape index (κ3) is 3.21. The van der Waals surface area contributed by atoms with Gasteiger partial charge in [-0.25, -0.2) is 4.39 Å². The largest absolute Gasteiger partial charge is 0.207 e. The standard InChI is InChI=1S/C10H9ClFNS/c11-9-3-1-4-10(12)8(9)7-14-6-2-5-13/h1,3-4H,2,6-7H2. The van der Waals surface area contributed by atoms with Crippen molar-refractivity contribution in [1.29, 1.82) is 5.26 Å². The van der Waals surface area contributed by atoms with E-state index in [9.17, 15) is 4.39 Å². The molecule has 0 aliphatic heterocycles. The topological polar surface area (TPSA) is 23.8 Å². The minimum atomic E-state index is -0.276. The summed E-state index contributed by atoms with van der Waals surface area (Å²) < 4.78 is 13.2. The second-order valence-electron chi connectivity index (χ2n) is 2.66. The molecule has 0 unspecified atom stereocenters. The Morgan fingerprint density at radius 1 is 1.50 bits per heavy atom. The molecule has 1 nitrogen and oxygen atoms in total. The molecule has 1 rings (SSSR count). The summed E-state index contributed by atoms with van der Waals surface area (Å²) in [5.41, 5.74) is 0.525. The van der Waals surface area contributed by atoms with E-state index in [4.69, 9.17) is 16.9 Å². The second kappa shape index (κ2) is 5.90. The summed E-state index contributed by atoms with van der Waals surface area (Å²) in [4.78, 5) is 0. The second-order valence-corrected chi connectivity index (χ2v) is 4.17. The van der Waals surface area contributed by atoms with E-state index < -0.39 is 0 Å². The normalized spacial score (nSPS) is 9.79. The number of benzene rings is 1. The molecule has 0 saturated carbocycles. The Balaban J connectivity index is 2.54. The van der Waals surface area contributed by atoms with Gasteiger partial charge in [-0.3, -0.25) is 0 Å². The fraction of sp³-hybridized carbons (Fsp3) is 0.300. The van der Waals surface area contributed by atoms with Crippen molar-refractivity contribution in [2.45, 2.75) is 12.2 Å². The molecule has 0 atom stereocenters. The highest BCUT2D eigenvalue weighted by atomic mass is 35.5. The fourth-order valence-electron chi connectivity index (χ4n) is 0.962. The molecule has 1 aromatic rings. The van der Waals surface area contributed by atoms with Gasteiger partial charge < -0.3 is 0 Å². The van der Waals surface area contributed by atoms with E-state index in [1.807, 2.05) is 6.07 Å². The Morgan fingerprint density at radius 3 is 2.93 bits per heavy atom. The maximum atomic E-state index is 13.2. The first-order chi connectivity index (χ1) is 6.75. The molecule has 74 valence electrons. The highest BCUT2D eigenvalue weighted by Crippen LogP contribution is 2.23. The smallest absolute Gasteiger partial charge is 0.128 e. The van der Waals surface area contributed by atoms with Crippen molar-refractivity contribution < 1.29 is 4.39 Å². The van der Waals surface area contributed by atoms with Gasteiger partial charge >= 0.3 is 0 Å². The molecule has 0 amide bonds. The molecule has 0 bridgehead atoms. The molecule has 0 saturated heterocycles. The van der Waals surface area contributed by atoms with Gasteiger partial charge in [-0.2, -0.15) is 17.0 Å². The predicted molar refractivity (Wildman–Crippen MR) is 57.8 cm³/mol. The minimum Gasteiger partial charge on any atom is -0.207 e. The molecule has 0 heterocycles. The Morgan fingerprint density at radius 2 is 2.29 bits per heavy atom. The lowest BCUT2D eigenvalue weighted by Gasteiger charge is -2.04. The monoisotopic (exact) mass is 229 g/mol. The molecule has 0 radical (unpaired) electrons. The summed E-state index contributed by atoms with van der Waals surface area (Å²) in [7, 11) is 0. The van der Waals surface area contributed by atoms with Gasteiger partial charge in [0.15, 0.2) is 0 Å². The number of rotatable bonds is 4. The van der Waals surface area contributed by atoms with Crippen molar-refractivity contribution in [3.8, 4) is 6.07 Å². The molecule has 0 fully saturated rings. The van der Waals surface area contributed by atoms with Crippen LogP contribution in [0.1, 0.15) is 12.0 Å². The van der Waals surface area contributed by atoms with Crippen LogP contribution in [-0.4, -0.2) is 5.75 Å². The summed E-state index contributed by atoms with van der Waals surface area (Å²) >= 11 is 7.34. The quantitative estimate of drug-likeness (QED) is 0.737. The van der Waals surface area contributed by atoms with Crippen LogP contribution in [0.15, 0.2) is 18.2 Å². The molecule has 0 aliphatic rings. The van der Waals surface area contributed by atoms with Crippen molar-refractivity contribution in [3.63, 3.8) is 0 Å². The summed E-state index contributed by atoms with van der Waals surface area (Å²) in [6.45, 7) is 0. The molecule has 0 aliphatic carbocycles. The molecule has 0 aromatic heterocycles. The third-order valence-corrected chi connectivity index (χ3v) is 3.01. The lowest BCUT2D eigenvalue weighted by atomic mass is 10.2. The third-order valence-electron chi connectivity index (χ3n) is 1.67. The van der Waals surface area contributed by atoms with Crippen molar-refractivity contribution >= 4 is 23.4 Å². The molecule has 0 spiro atoms. The van der Waals surface area contributed by atoms with Crippen LogP contribution in [0, 0.1) is 17.1 Å². The van der Waals surface area contributed by atoms with Crippen molar-refractivity contribution in [1.82, 2.24) is 0 Å². The number of hydrogen-bond donors (Lipinski definition) is 0. The number of hydrogen-bond acceptors (Lipinski definition) is 2. The van der Waals surface area contributed by atoms with Crippen molar-refractivity contribution in [3.05, 3.63) is 34.6 Å². The van der Waals surface area contributed by atoms with E-state index >= 15 is 0 Å². The molecule has 1 aromatic carbocycles. The zero-order valence-electron chi connectivity index (χ0n) is 7.46. The predicted octanol–water partition coefficient (Wildman–Crippen LogP) is 3.63. The molecule has 4 heteroatoms. The zero-order valence-corrected chi connectivity index (χ0v) is 9.04. The van der Waals surface area contributed by atoms with Gasteiger partial charge in [0.05, 0.1) is 6.07 Å². The minimum absolute atomic E-state index is 0.276. The van der Waals surface area contributed by atoms with Gasteiger partial charge in [0, 0.05) is 28.5 Å². The average Bonchev–Trinajstić information content (AvgIpc) is 2.16. The zero-order chi connectivity index (χ0) is 10.4. The van der Waals surface area contributed by atoms with Gasteiger partial charge in [0.2, 0.25) is 0 Å². The Hall–Kier alpha value is -0.720. The summed E-state index contributed by atoms with van der Waals surface area (Å²) in [5, 5.41) is 8.76. The number of nitrogens with zero attached hydrogens (tertiary/aromatic N) is 1. The van der Waals surface area contributed by atoms with Crippen LogP contribution in [0.3, 0.4) is 0 Å². The lowest BCUT2D eigenvalue weighted by Crippen LogP contribution is -1.89. The fourth-order valence-corrected chi connectivity index (χ4v) is 2.15. The van der Waals surface area contributed by atoms with Crippen LogP contribution in [0.2, 0.25) is 5.02 Å². The summed E-state index contributed by atoms with van der Waals surface area (Å²) in [6, 6.07) is 6.69. The highest BCUT2D eigenvalue weighted by molar-refractivity contribution is 7.98. The van der Waals surface area contributed by atoms with E-state index in [0.29, 0.717) is 28.5 Å². The van der Waals surface area contributed by atoms with Crippen LogP contribution < -0.4 is 0 Å². The van der Waals surface area contributed by atoms with E-state index in [-0.39, 0.29) is 5.82 Å². The summed E-state index contributed by atoms with van der Waals surface area (Å²) in [5.74, 6) is 0.955. The van der Waals surface area contributed by atoms with E-state index in [1.165, 1.54) is 17.8 Å². The van der Waals surface area contributed by atoms with Gasteiger partial charge in [-0.1, -0.05) is 17.7 Å². The van der Waals surface area contributed by atoms with Gasteiger partial charge in [-0.05, 0) is 12.1 Å². The summed E-state index contributed by atoms with van der Waals surface area (Å²) in [6.07, 6.45) is 0.483. The first-order valence-electron chi connectivity index (χ1n) is 4.13. The first-order valence-corrected chi connectivity index (χ1v) is 5.66. The van der Waals surface area contributed by atoms with Crippen LogP contribution in [0.5, 0.6) is 0 Å². The van der Waals surface area contributed by atoms with Gasteiger partial charge in [0.1, 0.15) is 5.82 Å². The van der Waals surface area contributed by atoms with Crippen LogP contribution in [0.25, 0.3) is 0 Å². The van der Waals surface area contributed by atoms with E-state index in [0.717, 1.165) is 0 Å². The maximum Gasteiger partial charge on any atom is 0.128 e. The van der Waals surface area contributed by atoms with Crippen LogP contribution in [0.4, 0.5) is 4.39 Å². The van der Waals surface area contributed by atoms with Crippen molar-refractivity contribution in [2.75, 3.05) is 5.75 Å². The molecule has 0 N–H and O–H groups in total. The Bertz CT molecular complexity index is 328. The number of thioether (sulfide) groups is 1.